The van der Waals surface area contributed by atoms with Gasteiger partial charge in [-0.2, -0.15) is 9.29 Å². The third-order valence-electron chi connectivity index (χ3n) is 5.60. The summed E-state index contributed by atoms with van der Waals surface area (Å²) in [5, 5.41) is 6.83. The zero-order valence-corrected chi connectivity index (χ0v) is 20.3. The summed E-state index contributed by atoms with van der Waals surface area (Å²) in [4.78, 5) is 18.7. The molecule has 1 aliphatic heterocycles. The molecule has 1 fully saturated rings. The van der Waals surface area contributed by atoms with E-state index in [1.807, 2.05) is 13.0 Å². The van der Waals surface area contributed by atoms with Gasteiger partial charge in [0.2, 0.25) is 27.6 Å². The summed E-state index contributed by atoms with van der Waals surface area (Å²) in [6.45, 7) is 4.16. The van der Waals surface area contributed by atoms with Crippen LogP contribution in [0, 0.1) is 12.8 Å². The van der Waals surface area contributed by atoms with E-state index < -0.39 is 15.9 Å². The first kappa shape index (κ1) is 23.4. The van der Waals surface area contributed by atoms with Crippen molar-refractivity contribution in [1.82, 2.24) is 14.4 Å². The smallest absolute Gasteiger partial charge is 0.244 e. The Morgan fingerprint density at radius 1 is 1.36 bits per heavy atom. The highest BCUT2D eigenvalue weighted by Gasteiger charge is 2.35. The number of ether oxygens (including phenoxy) is 1. The number of aromatic nitrogens is 2. The molecule has 4 rings (SSSR count). The number of sulfonamides is 1. The van der Waals surface area contributed by atoms with E-state index in [1.54, 1.807) is 31.2 Å². The fourth-order valence-electron chi connectivity index (χ4n) is 3.83. The molecule has 0 unspecified atom stereocenters. The first-order valence-electron chi connectivity index (χ1n) is 10.7. The number of rotatable bonds is 7. The number of para-hydroxylation sites is 2. The fraction of sp³-hybridized carbons (Fsp3) is 0.409. The van der Waals surface area contributed by atoms with Gasteiger partial charge in [0.15, 0.2) is 0 Å². The van der Waals surface area contributed by atoms with Crippen molar-refractivity contribution in [3.05, 3.63) is 41.1 Å². The number of anilines is 1. The molecule has 1 aromatic carbocycles. The molecule has 0 saturated carbocycles. The number of thiophene rings is 1. The number of amides is 1. The van der Waals surface area contributed by atoms with Gasteiger partial charge in [0.25, 0.3) is 0 Å². The molecule has 0 spiro atoms. The number of nitrogens with one attached hydrogen (secondary N) is 1. The zero-order chi connectivity index (χ0) is 23.6. The summed E-state index contributed by atoms with van der Waals surface area (Å²) in [6.07, 6.45) is 1.82. The number of benzene rings is 1. The standard InChI is InChI=1S/C22H26N4O5S2/c1-4-20-24-21(25-31-20)18-12-19(14(2)32-18)33(28,29)26-11-7-8-15(13-26)22(27)23-16-9-5-6-10-17(16)30-3/h5-6,9-10,12,15H,4,7-8,11,13H2,1-3H3,(H,23,27)/t15-/m0/s1. The minimum Gasteiger partial charge on any atom is -0.495 e. The van der Waals surface area contributed by atoms with Gasteiger partial charge >= 0.3 is 0 Å². The molecule has 33 heavy (non-hydrogen) atoms. The van der Waals surface area contributed by atoms with E-state index in [2.05, 4.69) is 15.5 Å². The van der Waals surface area contributed by atoms with Crippen LogP contribution in [0.3, 0.4) is 0 Å². The molecular formula is C22H26N4O5S2. The summed E-state index contributed by atoms with van der Waals surface area (Å²) < 4.78 is 38.8. The van der Waals surface area contributed by atoms with Crippen LogP contribution in [0.15, 0.2) is 39.8 Å². The average molecular weight is 491 g/mol. The second-order valence-corrected chi connectivity index (χ2v) is 11.0. The van der Waals surface area contributed by atoms with Crippen molar-refractivity contribution in [2.24, 2.45) is 5.92 Å². The van der Waals surface area contributed by atoms with Gasteiger partial charge in [-0.3, -0.25) is 4.79 Å². The van der Waals surface area contributed by atoms with Crippen LogP contribution < -0.4 is 10.1 Å². The van der Waals surface area contributed by atoms with Crippen molar-refractivity contribution < 1.29 is 22.5 Å². The van der Waals surface area contributed by atoms with E-state index >= 15 is 0 Å². The number of hydrogen-bond donors (Lipinski definition) is 1. The Kier molecular flexibility index (Phi) is 6.82. The van der Waals surface area contributed by atoms with Gasteiger partial charge in [-0.1, -0.05) is 24.2 Å². The SMILES string of the molecule is CCc1nc(-c2cc(S(=O)(=O)N3CCC[C@H](C(=O)Nc4ccccc4OC)C3)c(C)s2)no1. The molecule has 9 nitrogen and oxygen atoms in total. The summed E-state index contributed by atoms with van der Waals surface area (Å²) in [7, 11) is -2.24. The molecule has 1 aliphatic rings. The van der Waals surface area contributed by atoms with Crippen LogP contribution in [0.1, 0.15) is 30.5 Å². The van der Waals surface area contributed by atoms with Crippen molar-refractivity contribution in [3.8, 4) is 16.5 Å². The molecule has 1 atom stereocenters. The largest absolute Gasteiger partial charge is 0.495 e. The van der Waals surface area contributed by atoms with Crippen LogP contribution >= 0.6 is 11.3 Å². The normalized spacial score (nSPS) is 17.1. The van der Waals surface area contributed by atoms with Crippen LogP contribution in [0.4, 0.5) is 5.69 Å². The molecule has 0 aliphatic carbocycles. The molecule has 1 amide bonds. The van der Waals surface area contributed by atoms with Gasteiger partial charge in [-0.15, -0.1) is 11.3 Å². The van der Waals surface area contributed by atoms with E-state index in [0.717, 1.165) is 0 Å². The lowest BCUT2D eigenvalue weighted by Gasteiger charge is -2.31. The lowest BCUT2D eigenvalue weighted by Crippen LogP contribution is -2.43. The highest BCUT2D eigenvalue weighted by Crippen LogP contribution is 2.35. The maximum atomic E-state index is 13.5. The summed E-state index contributed by atoms with van der Waals surface area (Å²) >= 11 is 1.31. The number of methoxy groups -OCH3 is 1. The van der Waals surface area contributed by atoms with Crippen LogP contribution in [-0.2, 0) is 21.2 Å². The Morgan fingerprint density at radius 2 is 2.15 bits per heavy atom. The fourth-order valence-corrected chi connectivity index (χ4v) is 6.84. The number of carbonyl (C=O) groups is 1. The van der Waals surface area contributed by atoms with Gasteiger partial charge in [0.1, 0.15) is 5.75 Å². The molecule has 1 N–H and O–H groups in total. The quantitative estimate of drug-likeness (QED) is 0.537. The second kappa shape index (κ2) is 9.62. The average Bonchev–Trinajstić information content (AvgIpc) is 3.46. The minimum absolute atomic E-state index is 0.121. The Hall–Kier alpha value is -2.76. The molecule has 176 valence electrons. The van der Waals surface area contributed by atoms with E-state index in [4.69, 9.17) is 9.26 Å². The molecule has 3 heterocycles. The lowest BCUT2D eigenvalue weighted by molar-refractivity contribution is -0.120. The predicted molar refractivity (Wildman–Crippen MR) is 125 cm³/mol. The number of hydrogen-bond acceptors (Lipinski definition) is 8. The van der Waals surface area contributed by atoms with E-state index in [-0.39, 0.29) is 17.3 Å². The first-order chi connectivity index (χ1) is 15.8. The van der Waals surface area contributed by atoms with E-state index in [0.29, 0.717) is 58.7 Å². The van der Waals surface area contributed by atoms with Crippen molar-refractivity contribution in [3.63, 3.8) is 0 Å². The van der Waals surface area contributed by atoms with Crippen molar-refractivity contribution in [1.29, 1.82) is 0 Å². The van der Waals surface area contributed by atoms with Crippen LogP contribution in [0.25, 0.3) is 10.7 Å². The van der Waals surface area contributed by atoms with Crippen molar-refractivity contribution in [2.45, 2.75) is 38.0 Å². The monoisotopic (exact) mass is 490 g/mol. The van der Waals surface area contributed by atoms with E-state index in [1.165, 1.54) is 22.8 Å². The molecule has 1 saturated heterocycles. The Morgan fingerprint density at radius 3 is 2.88 bits per heavy atom. The lowest BCUT2D eigenvalue weighted by atomic mass is 9.98. The second-order valence-electron chi connectivity index (χ2n) is 7.79. The van der Waals surface area contributed by atoms with Gasteiger partial charge in [0.05, 0.1) is 28.5 Å². The van der Waals surface area contributed by atoms with Crippen LogP contribution in [-0.4, -0.2) is 49.0 Å². The zero-order valence-electron chi connectivity index (χ0n) is 18.7. The summed E-state index contributed by atoms with van der Waals surface area (Å²) in [6, 6.07) is 8.74. The number of aryl methyl sites for hydroxylation is 2. The Bertz CT molecular complexity index is 1250. The van der Waals surface area contributed by atoms with Crippen molar-refractivity contribution in [2.75, 3.05) is 25.5 Å². The maximum Gasteiger partial charge on any atom is 0.244 e. The Labute approximate surface area is 196 Å². The predicted octanol–water partition coefficient (Wildman–Crippen LogP) is 3.72. The first-order valence-corrected chi connectivity index (χ1v) is 13.0. The third kappa shape index (κ3) is 4.80. The van der Waals surface area contributed by atoms with Crippen LogP contribution in [0.2, 0.25) is 0 Å². The maximum absolute atomic E-state index is 13.5. The van der Waals surface area contributed by atoms with Gasteiger partial charge in [-0.25, -0.2) is 8.42 Å². The highest BCUT2D eigenvalue weighted by atomic mass is 32.2. The molecular weight excluding hydrogens is 464 g/mol. The van der Waals surface area contributed by atoms with E-state index in [9.17, 15) is 13.2 Å². The summed E-state index contributed by atoms with van der Waals surface area (Å²) in [5.74, 6) is 0.761. The molecule has 3 aromatic rings. The number of carbonyl (C=O) groups excluding carboxylic acids is 1. The molecule has 11 heteroatoms. The number of nitrogens with zero attached hydrogens (tertiary/aromatic N) is 3. The van der Waals surface area contributed by atoms with Crippen molar-refractivity contribution >= 4 is 33.0 Å². The topological polar surface area (TPSA) is 115 Å². The molecule has 0 bridgehead atoms. The highest BCUT2D eigenvalue weighted by molar-refractivity contribution is 7.89. The summed E-state index contributed by atoms with van der Waals surface area (Å²) in [5.41, 5.74) is 0.565. The van der Waals surface area contributed by atoms with Gasteiger partial charge in [-0.05, 0) is 38.0 Å². The molecule has 0 radical (unpaired) electrons. The Balaban J connectivity index is 1.52. The van der Waals surface area contributed by atoms with Gasteiger partial charge in [0, 0.05) is 24.4 Å². The van der Waals surface area contributed by atoms with Gasteiger partial charge < -0.3 is 14.6 Å². The number of piperidine rings is 1. The molecule has 2 aromatic heterocycles. The minimum atomic E-state index is -3.78. The van der Waals surface area contributed by atoms with Crippen LogP contribution in [0.5, 0.6) is 5.75 Å². The third-order valence-corrected chi connectivity index (χ3v) is 8.77.